The molecule has 1 aliphatic rings. The van der Waals surface area contributed by atoms with Crippen LogP contribution in [0.15, 0.2) is 60.2 Å². The van der Waals surface area contributed by atoms with Gasteiger partial charge in [-0.3, -0.25) is 4.79 Å². The quantitative estimate of drug-likeness (QED) is 0.720. The molecule has 7 nitrogen and oxygen atoms in total. The van der Waals surface area contributed by atoms with Crippen LogP contribution in [0.5, 0.6) is 5.75 Å². The van der Waals surface area contributed by atoms with Crippen LogP contribution in [-0.4, -0.2) is 44.2 Å². The minimum absolute atomic E-state index is 0.0657. The zero-order valence-electron chi connectivity index (χ0n) is 15.9. The SMILES string of the molecule is COC(=O)[C@@H](Cc1ccccc1)NC(=O)COC(=O)C1=Cc2ccccc2OC1. The van der Waals surface area contributed by atoms with Crippen LogP contribution in [0.1, 0.15) is 11.1 Å². The summed E-state index contributed by atoms with van der Waals surface area (Å²) in [5, 5.41) is 2.55. The second-order valence-corrected chi connectivity index (χ2v) is 6.41. The van der Waals surface area contributed by atoms with Crippen LogP contribution in [0.4, 0.5) is 0 Å². The van der Waals surface area contributed by atoms with Gasteiger partial charge in [-0.1, -0.05) is 48.5 Å². The van der Waals surface area contributed by atoms with E-state index in [1.807, 2.05) is 48.5 Å². The van der Waals surface area contributed by atoms with Crippen molar-refractivity contribution in [2.45, 2.75) is 12.5 Å². The summed E-state index contributed by atoms with van der Waals surface area (Å²) >= 11 is 0. The molecule has 0 radical (unpaired) electrons. The van der Waals surface area contributed by atoms with Gasteiger partial charge in [0.2, 0.25) is 0 Å². The van der Waals surface area contributed by atoms with Crippen molar-refractivity contribution in [3.8, 4) is 5.75 Å². The molecule has 29 heavy (non-hydrogen) atoms. The number of nitrogens with one attached hydrogen (secondary N) is 1. The van der Waals surface area contributed by atoms with Crippen LogP contribution >= 0.6 is 0 Å². The van der Waals surface area contributed by atoms with E-state index in [4.69, 9.17) is 14.2 Å². The van der Waals surface area contributed by atoms with Gasteiger partial charge >= 0.3 is 11.9 Å². The van der Waals surface area contributed by atoms with E-state index < -0.39 is 30.5 Å². The molecule has 2 aromatic carbocycles. The molecule has 0 unspecified atom stereocenters. The van der Waals surface area contributed by atoms with Crippen LogP contribution in [0, 0.1) is 0 Å². The summed E-state index contributed by atoms with van der Waals surface area (Å²) < 4.78 is 15.3. The Kier molecular flexibility index (Phi) is 6.63. The number of rotatable bonds is 7. The maximum atomic E-state index is 12.2. The molecule has 0 saturated carbocycles. The molecule has 0 aromatic heterocycles. The Balaban J connectivity index is 1.56. The monoisotopic (exact) mass is 395 g/mol. The summed E-state index contributed by atoms with van der Waals surface area (Å²) in [6.07, 6.45) is 1.94. The highest BCUT2D eigenvalue weighted by Crippen LogP contribution is 2.26. The highest BCUT2D eigenvalue weighted by molar-refractivity contribution is 5.96. The molecule has 1 amide bonds. The summed E-state index contributed by atoms with van der Waals surface area (Å²) in [6.45, 7) is -0.448. The smallest absolute Gasteiger partial charge is 0.338 e. The van der Waals surface area contributed by atoms with Gasteiger partial charge in [-0.05, 0) is 17.7 Å². The highest BCUT2D eigenvalue weighted by Gasteiger charge is 2.24. The van der Waals surface area contributed by atoms with E-state index in [1.165, 1.54) is 7.11 Å². The van der Waals surface area contributed by atoms with Crippen molar-refractivity contribution in [3.05, 3.63) is 71.3 Å². The number of hydrogen-bond donors (Lipinski definition) is 1. The molecule has 0 spiro atoms. The lowest BCUT2D eigenvalue weighted by molar-refractivity contribution is -0.148. The lowest BCUT2D eigenvalue weighted by atomic mass is 10.1. The van der Waals surface area contributed by atoms with Gasteiger partial charge in [-0.25, -0.2) is 9.59 Å². The van der Waals surface area contributed by atoms with E-state index in [-0.39, 0.29) is 13.0 Å². The molecule has 2 aromatic rings. The number of methoxy groups -OCH3 is 1. The summed E-state index contributed by atoms with van der Waals surface area (Å²) in [7, 11) is 1.25. The minimum Gasteiger partial charge on any atom is -0.488 e. The zero-order chi connectivity index (χ0) is 20.6. The maximum Gasteiger partial charge on any atom is 0.338 e. The second kappa shape index (κ2) is 9.54. The minimum atomic E-state index is -0.877. The number of carbonyl (C=O) groups excluding carboxylic acids is 3. The van der Waals surface area contributed by atoms with Crippen LogP contribution in [0.3, 0.4) is 0 Å². The Morgan fingerprint density at radius 1 is 1.07 bits per heavy atom. The van der Waals surface area contributed by atoms with Crippen molar-refractivity contribution in [3.63, 3.8) is 0 Å². The number of benzene rings is 2. The first-order chi connectivity index (χ1) is 14.1. The van der Waals surface area contributed by atoms with Crippen molar-refractivity contribution < 1.29 is 28.6 Å². The Morgan fingerprint density at radius 3 is 2.55 bits per heavy atom. The molecule has 3 rings (SSSR count). The number of hydrogen-bond acceptors (Lipinski definition) is 6. The fourth-order valence-electron chi connectivity index (χ4n) is 2.88. The number of para-hydroxylation sites is 1. The van der Waals surface area contributed by atoms with Crippen molar-refractivity contribution in [2.24, 2.45) is 0 Å². The number of amides is 1. The van der Waals surface area contributed by atoms with E-state index in [1.54, 1.807) is 12.1 Å². The van der Waals surface area contributed by atoms with E-state index in [0.29, 0.717) is 11.3 Å². The van der Waals surface area contributed by atoms with Gasteiger partial charge in [-0.15, -0.1) is 0 Å². The molecule has 1 aliphatic heterocycles. The lowest BCUT2D eigenvalue weighted by Gasteiger charge is -2.18. The van der Waals surface area contributed by atoms with Gasteiger partial charge in [0.1, 0.15) is 18.4 Å². The highest BCUT2D eigenvalue weighted by atomic mass is 16.5. The van der Waals surface area contributed by atoms with E-state index in [9.17, 15) is 14.4 Å². The van der Waals surface area contributed by atoms with Crippen LogP contribution in [0.2, 0.25) is 0 Å². The first kappa shape index (κ1) is 20.1. The lowest BCUT2D eigenvalue weighted by Crippen LogP contribution is -2.44. The average molecular weight is 395 g/mol. The number of esters is 2. The largest absolute Gasteiger partial charge is 0.488 e. The predicted molar refractivity (Wildman–Crippen MR) is 105 cm³/mol. The first-order valence-electron chi connectivity index (χ1n) is 9.07. The third-order valence-electron chi connectivity index (χ3n) is 4.33. The van der Waals surface area contributed by atoms with Gasteiger partial charge < -0.3 is 19.5 Å². The van der Waals surface area contributed by atoms with Crippen molar-refractivity contribution in [1.82, 2.24) is 5.32 Å². The average Bonchev–Trinajstić information content (AvgIpc) is 2.76. The first-order valence-corrected chi connectivity index (χ1v) is 9.07. The molecule has 1 heterocycles. The molecule has 0 bridgehead atoms. The maximum absolute atomic E-state index is 12.2. The predicted octanol–water partition coefficient (Wildman–Crippen LogP) is 1.91. The van der Waals surface area contributed by atoms with Crippen LogP contribution in [0.25, 0.3) is 6.08 Å². The fourth-order valence-corrected chi connectivity index (χ4v) is 2.88. The third kappa shape index (κ3) is 5.44. The number of carbonyl (C=O) groups is 3. The summed E-state index contributed by atoms with van der Waals surface area (Å²) in [4.78, 5) is 36.4. The normalized spacial score (nSPS) is 13.2. The molecule has 0 aliphatic carbocycles. The standard InChI is InChI=1S/C22H21NO6/c1-27-22(26)18(11-15-7-3-2-4-8-15)23-20(24)14-29-21(25)17-12-16-9-5-6-10-19(16)28-13-17/h2-10,12,18H,11,13-14H2,1H3,(H,23,24)/t18-/m1/s1. The topological polar surface area (TPSA) is 90.9 Å². The molecular weight excluding hydrogens is 374 g/mol. The second-order valence-electron chi connectivity index (χ2n) is 6.41. The summed E-state index contributed by atoms with van der Waals surface area (Å²) in [6, 6.07) is 15.6. The molecule has 1 N–H and O–H groups in total. The molecule has 1 atom stereocenters. The Labute approximate surface area is 168 Å². The van der Waals surface area contributed by atoms with E-state index >= 15 is 0 Å². The summed E-state index contributed by atoms with van der Waals surface area (Å²) in [5.74, 6) is -1.13. The molecule has 150 valence electrons. The summed E-state index contributed by atoms with van der Waals surface area (Å²) in [5.41, 5.74) is 1.94. The Bertz CT molecular complexity index is 922. The van der Waals surface area contributed by atoms with Crippen LogP contribution in [-0.2, 0) is 30.3 Å². The number of ether oxygens (including phenoxy) is 3. The zero-order valence-corrected chi connectivity index (χ0v) is 15.9. The van der Waals surface area contributed by atoms with Crippen molar-refractivity contribution in [2.75, 3.05) is 20.3 Å². The van der Waals surface area contributed by atoms with Gasteiger partial charge in [0.15, 0.2) is 6.61 Å². The van der Waals surface area contributed by atoms with Gasteiger partial charge in [-0.2, -0.15) is 0 Å². The molecule has 0 saturated heterocycles. The fraction of sp³-hybridized carbons (Fsp3) is 0.227. The van der Waals surface area contributed by atoms with Crippen molar-refractivity contribution >= 4 is 23.9 Å². The van der Waals surface area contributed by atoms with E-state index in [2.05, 4.69) is 5.32 Å². The van der Waals surface area contributed by atoms with Crippen LogP contribution < -0.4 is 10.1 Å². The van der Waals surface area contributed by atoms with E-state index in [0.717, 1.165) is 11.1 Å². The van der Waals surface area contributed by atoms with Gasteiger partial charge in [0.25, 0.3) is 5.91 Å². The molecule has 7 heteroatoms. The third-order valence-corrected chi connectivity index (χ3v) is 4.33. The number of fused-ring (bicyclic) bond motifs is 1. The van der Waals surface area contributed by atoms with Gasteiger partial charge in [0, 0.05) is 12.0 Å². The Morgan fingerprint density at radius 2 is 1.79 bits per heavy atom. The molecule has 0 fully saturated rings. The van der Waals surface area contributed by atoms with Crippen molar-refractivity contribution in [1.29, 1.82) is 0 Å². The van der Waals surface area contributed by atoms with Gasteiger partial charge in [0.05, 0.1) is 12.7 Å². The molecular formula is C22H21NO6. The Hall–Kier alpha value is -3.61.